The molecule has 1 fully saturated rings. The maximum absolute atomic E-state index is 11.4. The lowest BCUT2D eigenvalue weighted by atomic mass is 9.99. The molecule has 3 N–H and O–H groups in total. The summed E-state index contributed by atoms with van der Waals surface area (Å²) in [7, 11) is 1.55. The Kier molecular flexibility index (Phi) is 4.86. The SMILES string of the molecule is COCC(CO)NC(=O)CC1CNC1. The van der Waals surface area contributed by atoms with Gasteiger partial charge in [-0.2, -0.15) is 0 Å². The van der Waals surface area contributed by atoms with Crippen molar-refractivity contribution in [2.75, 3.05) is 33.4 Å². The second-order valence-electron chi connectivity index (χ2n) is 3.63. The van der Waals surface area contributed by atoms with Gasteiger partial charge < -0.3 is 20.5 Å². The summed E-state index contributed by atoms with van der Waals surface area (Å²) in [6.07, 6.45) is 0.535. The van der Waals surface area contributed by atoms with Crippen LogP contribution in [-0.4, -0.2) is 50.5 Å². The van der Waals surface area contributed by atoms with Gasteiger partial charge in [-0.05, 0) is 19.0 Å². The van der Waals surface area contributed by atoms with Gasteiger partial charge >= 0.3 is 0 Å². The van der Waals surface area contributed by atoms with Crippen LogP contribution in [0.4, 0.5) is 0 Å². The molecule has 1 atom stereocenters. The largest absolute Gasteiger partial charge is 0.394 e. The Morgan fingerprint density at radius 1 is 1.71 bits per heavy atom. The number of aliphatic hydroxyl groups is 1. The molecule has 0 aromatic carbocycles. The molecule has 1 aliphatic rings. The average molecular weight is 202 g/mol. The molecule has 1 rings (SSSR count). The summed E-state index contributed by atoms with van der Waals surface area (Å²) in [4.78, 5) is 11.4. The zero-order valence-electron chi connectivity index (χ0n) is 8.45. The maximum Gasteiger partial charge on any atom is 0.220 e. The highest BCUT2D eigenvalue weighted by Gasteiger charge is 2.21. The lowest BCUT2D eigenvalue weighted by Gasteiger charge is -2.27. The first-order valence-electron chi connectivity index (χ1n) is 4.86. The normalized spacial score (nSPS) is 18.7. The quantitative estimate of drug-likeness (QED) is 0.502. The number of nitrogens with one attached hydrogen (secondary N) is 2. The molecule has 14 heavy (non-hydrogen) atoms. The van der Waals surface area contributed by atoms with Crippen LogP contribution in [0, 0.1) is 5.92 Å². The van der Waals surface area contributed by atoms with Crippen LogP contribution in [0.25, 0.3) is 0 Å². The van der Waals surface area contributed by atoms with E-state index in [-0.39, 0.29) is 18.6 Å². The Balaban J connectivity index is 2.15. The number of carbonyl (C=O) groups excluding carboxylic acids is 1. The molecular formula is C9H18N2O3. The molecule has 82 valence electrons. The highest BCUT2D eigenvalue weighted by Crippen LogP contribution is 2.07. The van der Waals surface area contributed by atoms with Gasteiger partial charge in [0, 0.05) is 13.5 Å². The topological polar surface area (TPSA) is 70.6 Å². The Morgan fingerprint density at radius 3 is 2.86 bits per heavy atom. The van der Waals surface area contributed by atoms with E-state index in [9.17, 15) is 4.79 Å². The number of amides is 1. The molecule has 0 aromatic rings. The average Bonchev–Trinajstić information content (AvgIpc) is 2.11. The second-order valence-corrected chi connectivity index (χ2v) is 3.63. The molecule has 1 unspecified atom stereocenters. The van der Waals surface area contributed by atoms with Crippen molar-refractivity contribution < 1.29 is 14.6 Å². The van der Waals surface area contributed by atoms with Gasteiger partial charge in [-0.1, -0.05) is 0 Å². The first-order chi connectivity index (χ1) is 6.76. The Hall–Kier alpha value is -0.650. The molecule has 0 aliphatic carbocycles. The van der Waals surface area contributed by atoms with Crippen molar-refractivity contribution >= 4 is 5.91 Å². The molecule has 0 aromatic heterocycles. The van der Waals surface area contributed by atoms with Crippen molar-refractivity contribution in [1.82, 2.24) is 10.6 Å². The van der Waals surface area contributed by atoms with E-state index in [1.165, 1.54) is 0 Å². The Morgan fingerprint density at radius 2 is 2.43 bits per heavy atom. The zero-order chi connectivity index (χ0) is 10.4. The molecule has 0 bridgehead atoms. The van der Waals surface area contributed by atoms with Crippen LogP contribution in [-0.2, 0) is 9.53 Å². The Bertz CT molecular complexity index is 183. The van der Waals surface area contributed by atoms with Crippen LogP contribution in [0.5, 0.6) is 0 Å². The standard InChI is InChI=1S/C9H18N2O3/c1-14-6-8(5-12)11-9(13)2-7-3-10-4-7/h7-8,10,12H,2-6H2,1H3,(H,11,13). The number of carbonyl (C=O) groups is 1. The summed E-state index contributed by atoms with van der Waals surface area (Å²) in [5, 5.41) is 14.7. The van der Waals surface area contributed by atoms with Crippen molar-refractivity contribution in [3.05, 3.63) is 0 Å². The molecular weight excluding hydrogens is 184 g/mol. The lowest BCUT2D eigenvalue weighted by Crippen LogP contribution is -2.47. The maximum atomic E-state index is 11.4. The molecule has 1 heterocycles. The monoisotopic (exact) mass is 202 g/mol. The van der Waals surface area contributed by atoms with E-state index in [0.717, 1.165) is 13.1 Å². The van der Waals surface area contributed by atoms with Gasteiger partial charge in [0.2, 0.25) is 5.91 Å². The van der Waals surface area contributed by atoms with Crippen molar-refractivity contribution in [1.29, 1.82) is 0 Å². The lowest BCUT2D eigenvalue weighted by molar-refractivity contribution is -0.123. The third-order valence-corrected chi connectivity index (χ3v) is 2.29. The summed E-state index contributed by atoms with van der Waals surface area (Å²) in [5.74, 6) is 0.449. The van der Waals surface area contributed by atoms with Crippen LogP contribution in [0.15, 0.2) is 0 Å². The fraction of sp³-hybridized carbons (Fsp3) is 0.889. The molecule has 0 spiro atoms. The van der Waals surface area contributed by atoms with E-state index in [0.29, 0.717) is 18.9 Å². The molecule has 0 radical (unpaired) electrons. The zero-order valence-corrected chi connectivity index (χ0v) is 8.45. The summed E-state index contributed by atoms with van der Waals surface area (Å²) in [6.45, 7) is 2.11. The number of aliphatic hydroxyl groups excluding tert-OH is 1. The van der Waals surface area contributed by atoms with Crippen LogP contribution in [0.3, 0.4) is 0 Å². The van der Waals surface area contributed by atoms with Crippen molar-refractivity contribution in [3.63, 3.8) is 0 Å². The molecule has 5 nitrogen and oxygen atoms in total. The van der Waals surface area contributed by atoms with Gasteiger partial charge in [0.05, 0.1) is 19.3 Å². The molecule has 1 saturated heterocycles. The van der Waals surface area contributed by atoms with Gasteiger partial charge in [-0.3, -0.25) is 4.79 Å². The fourth-order valence-electron chi connectivity index (χ4n) is 1.38. The summed E-state index contributed by atoms with van der Waals surface area (Å²) in [5.41, 5.74) is 0. The third kappa shape index (κ3) is 3.61. The third-order valence-electron chi connectivity index (χ3n) is 2.29. The first-order valence-corrected chi connectivity index (χ1v) is 4.86. The molecule has 0 saturated carbocycles. The summed E-state index contributed by atoms with van der Waals surface area (Å²) >= 11 is 0. The predicted molar refractivity (Wildman–Crippen MR) is 51.9 cm³/mol. The first kappa shape index (κ1) is 11.4. The number of hydrogen-bond acceptors (Lipinski definition) is 4. The van der Waals surface area contributed by atoms with Gasteiger partial charge in [0.25, 0.3) is 0 Å². The van der Waals surface area contributed by atoms with E-state index >= 15 is 0 Å². The minimum atomic E-state index is -0.277. The highest BCUT2D eigenvalue weighted by molar-refractivity contribution is 5.76. The van der Waals surface area contributed by atoms with Gasteiger partial charge in [0.1, 0.15) is 0 Å². The van der Waals surface area contributed by atoms with Crippen LogP contribution < -0.4 is 10.6 Å². The second kappa shape index (κ2) is 5.95. The number of hydrogen-bond donors (Lipinski definition) is 3. The van der Waals surface area contributed by atoms with Gasteiger partial charge in [0.15, 0.2) is 0 Å². The van der Waals surface area contributed by atoms with E-state index in [1.54, 1.807) is 7.11 Å². The van der Waals surface area contributed by atoms with E-state index < -0.39 is 0 Å². The summed E-state index contributed by atoms with van der Waals surface area (Å²) < 4.78 is 4.85. The van der Waals surface area contributed by atoms with Crippen LogP contribution >= 0.6 is 0 Å². The van der Waals surface area contributed by atoms with Crippen molar-refractivity contribution in [2.24, 2.45) is 5.92 Å². The van der Waals surface area contributed by atoms with Crippen LogP contribution in [0.2, 0.25) is 0 Å². The van der Waals surface area contributed by atoms with E-state index in [4.69, 9.17) is 9.84 Å². The molecule has 1 amide bonds. The van der Waals surface area contributed by atoms with Crippen LogP contribution in [0.1, 0.15) is 6.42 Å². The molecule has 1 aliphatic heterocycles. The van der Waals surface area contributed by atoms with Crippen molar-refractivity contribution in [2.45, 2.75) is 12.5 Å². The minimum Gasteiger partial charge on any atom is -0.394 e. The summed E-state index contributed by atoms with van der Waals surface area (Å²) in [6, 6.07) is -0.277. The van der Waals surface area contributed by atoms with Crippen molar-refractivity contribution in [3.8, 4) is 0 Å². The van der Waals surface area contributed by atoms with E-state index in [1.807, 2.05) is 0 Å². The molecule has 5 heteroatoms. The number of methoxy groups -OCH3 is 1. The fourth-order valence-corrected chi connectivity index (χ4v) is 1.38. The number of rotatable bonds is 6. The van der Waals surface area contributed by atoms with Gasteiger partial charge in [-0.25, -0.2) is 0 Å². The minimum absolute atomic E-state index is 0.00685. The highest BCUT2D eigenvalue weighted by atomic mass is 16.5. The smallest absolute Gasteiger partial charge is 0.220 e. The Labute approximate surface area is 83.8 Å². The van der Waals surface area contributed by atoms with E-state index in [2.05, 4.69) is 10.6 Å². The number of ether oxygens (including phenoxy) is 1. The van der Waals surface area contributed by atoms with Gasteiger partial charge in [-0.15, -0.1) is 0 Å². The predicted octanol–water partition coefficient (Wildman–Crippen LogP) is -1.28.